The highest BCUT2D eigenvalue weighted by Crippen LogP contribution is 2.28. The first-order valence-corrected chi connectivity index (χ1v) is 8.60. The molecule has 1 unspecified atom stereocenters. The van der Waals surface area contributed by atoms with Crippen LogP contribution in [0.25, 0.3) is 0 Å². The molecule has 2 heterocycles. The third-order valence-electron chi connectivity index (χ3n) is 2.90. The van der Waals surface area contributed by atoms with Gasteiger partial charge in [-0.05, 0) is 28.8 Å². The number of aromatic nitrogens is 2. The van der Waals surface area contributed by atoms with Crippen LogP contribution in [0.1, 0.15) is 31.5 Å². The monoisotopic (exact) mass is 333 g/mol. The summed E-state index contributed by atoms with van der Waals surface area (Å²) >= 11 is 3.39. The second kappa shape index (κ2) is 5.52. The summed E-state index contributed by atoms with van der Waals surface area (Å²) in [6.45, 7) is 2.91. The highest BCUT2D eigenvalue weighted by Gasteiger charge is 2.31. The Balaban J connectivity index is 2.19. The Morgan fingerprint density at radius 2 is 2.33 bits per heavy atom. The first-order valence-electron chi connectivity index (χ1n) is 5.98. The van der Waals surface area contributed by atoms with Crippen molar-refractivity contribution < 1.29 is 8.42 Å². The van der Waals surface area contributed by atoms with E-state index in [0.29, 0.717) is 12.2 Å². The summed E-state index contributed by atoms with van der Waals surface area (Å²) < 4.78 is 23.7. The standard InChI is InChI=1S/C11H16BrN3O2S/c1-2-4-13-11-9(12)6-14-10(15-11)8-3-5-18(16,17)7-8/h6,8H,2-5,7H2,1H3,(H,13,14,15). The maximum Gasteiger partial charge on any atom is 0.151 e. The molecule has 0 radical (unpaired) electrons. The molecular formula is C11H16BrN3O2S. The molecule has 1 saturated heterocycles. The first-order chi connectivity index (χ1) is 8.52. The van der Waals surface area contributed by atoms with Crippen LogP contribution in [0.4, 0.5) is 5.82 Å². The first kappa shape index (κ1) is 13.7. The van der Waals surface area contributed by atoms with Crippen LogP contribution in [0.5, 0.6) is 0 Å². The van der Waals surface area contributed by atoms with Crippen molar-refractivity contribution in [3.63, 3.8) is 0 Å². The van der Waals surface area contributed by atoms with Crippen molar-refractivity contribution >= 4 is 31.6 Å². The molecule has 0 saturated carbocycles. The van der Waals surface area contributed by atoms with Gasteiger partial charge in [-0.25, -0.2) is 18.4 Å². The van der Waals surface area contributed by atoms with Crippen LogP contribution in [-0.4, -0.2) is 36.4 Å². The third kappa shape index (κ3) is 3.20. The van der Waals surface area contributed by atoms with E-state index in [1.165, 1.54) is 0 Å². The van der Waals surface area contributed by atoms with E-state index in [-0.39, 0.29) is 17.4 Å². The topological polar surface area (TPSA) is 72.0 Å². The Labute approximate surface area is 115 Å². The van der Waals surface area contributed by atoms with Crippen LogP contribution in [0.2, 0.25) is 0 Å². The molecule has 18 heavy (non-hydrogen) atoms. The van der Waals surface area contributed by atoms with Gasteiger partial charge in [-0.2, -0.15) is 0 Å². The van der Waals surface area contributed by atoms with E-state index in [0.717, 1.165) is 23.3 Å². The molecular weight excluding hydrogens is 318 g/mol. The molecule has 5 nitrogen and oxygen atoms in total. The predicted octanol–water partition coefficient (Wildman–Crippen LogP) is 1.96. The minimum Gasteiger partial charge on any atom is -0.369 e. The maximum absolute atomic E-state index is 11.5. The van der Waals surface area contributed by atoms with Crippen molar-refractivity contribution in [2.45, 2.75) is 25.7 Å². The molecule has 7 heteroatoms. The van der Waals surface area contributed by atoms with E-state index in [2.05, 4.69) is 38.1 Å². The van der Waals surface area contributed by atoms with Gasteiger partial charge in [0.05, 0.1) is 16.0 Å². The van der Waals surface area contributed by atoms with Gasteiger partial charge in [-0.3, -0.25) is 0 Å². The summed E-state index contributed by atoms with van der Waals surface area (Å²) in [5.41, 5.74) is 0. The van der Waals surface area contributed by atoms with Gasteiger partial charge in [-0.15, -0.1) is 0 Å². The molecule has 0 spiro atoms. The number of hydrogen-bond donors (Lipinski definition) is 1. The number of halogens is 1. The fourth-order valence-electron chi connectivity index (χ4n) is 1.94. The number of anilines is 1. The Morgan fingerprint density at radius 1 is 1.56 bits per heavy atom. The van der Waals surface area contributed by atoms with E-state index >= 15 is 0 Å². The van der Waals surface area contributed by atoms with Crippen molar-refractivity contribution in [1.82, 2.24) is 9.97 Å². The van der Waals surface area contributed by atoms with Gasteiger partial charge in [0.15, 0.2) is 9.84 Å². The average Bonchev–Trinajstić information content (AvgIpc) is 2.69. The van der Waals surface area contributed by atoms with Crippen LogP contribution in [-0.2, 0) is 9.84 Å². The quantitative estimate of drug-likeness (QED) is 0.911. The second-order valence-corrected chi connectivity index (χ2v) is 7.53. The van der Waals surface area contributed by atoms with E-state index in [1.54, 1.807) is 6.20 Å². The van der Waals surface area contributed by atoms with Crippen molar-refractivity contribution in [2.75, 3.05) is 23.4 Å². The zero-order chi connectivity index (χ0) is 13.2. The normalized spacial score (nSPS) is 22.0. The van der Waals surface area contributed by atoms with Gasteiger partial charge >= 0.3 is 0 Å². The average molecular weight is 334 g/mol. The summed E-state index contributed by atoms with van der Waals surface area (Å²) in [5, 5.41) is 3.20. The zero-order valence-corrected chi connectivity index (χ0v) is 12.6. The number of nitrogens with one attached hydrogen (secondary N) is 1. The van der Waals surface area contributed by atoms with E-state index in [9.17, 15) is 8.42 Å². The minimum atomic E-state index is -2.90. The molecule has 1 fully saturated rings. The molecule has 1 aromatic heterocycles. The molecule has 1 atom stereocenters. The highest BCUT2D eigenvalue weighted by atomic mass is 79.9. The third-order valence-corrected chi connectivity index (χ3v) is 5.25. The highest BCUT2D eigenvalue weighted by molar-refractivity contribution is 9.10. The summed E-state index contributed by atoms with van der Waals surface area (Å²) in [7, 11) is -2.90. The lowest BCUT2D eigenvalue weighted by Crippen LogP contribution is -2.10. The van der Waals surface area contributed by atoms with Crippen LogP contribution in [0, 0.1) is 0 Å². The number of nitrogens with zero attached hydrogens (tertiary/aromatic N) is 2. The maximum atomic E-state index is 11.5. The Morgan fingerprint density at radius 3 is 2.94 bits per heavy atom. The molecule has 0 bridgehead atoms. The second-order valence-electron chi connectivity index (χ2n) is 4.45. The summed E-state index contributed by atoms with van der Waals surface area (Å²) in [6, 6.07) is 0. The fraction of sp³-hybridized carbons (Fsp3) is 0.636. The smallest absolute Gasteiger partial charge is 0.151 e. The van der Waals surface area contributed by atoms with Crippen molar-refractivity contribution in [3.05, 3.63) is 16.5 Å². The molecule has 1 aromatic rings. The van der Waals surface area contributed by atoms with Gasteiger partial charge in [0.1, 0.15) is 11.6 Å². The largest absolute Gasteiger partial charge is 0.369 e. The summed E-state index contributed by atoms with van der Waals surface area (Å²) in [4.78, 5) is 8.66. The van der Waals surface area contributed by atoms with Crippen molar-refractivity contribution in [1.29, 1.82) is 0 Å². The number of sulfone groups is 1. The SMILES string of the molecule is CCCNc1nc(C2CCS(=O)(=O)C2)ncc1Br. The van der Waals surface area contributed by atoms with Crippen LogP contribution in [0.3, 0.4) is 0 Å². The molecule has 100 valence electrons. The van der Waals surface area contributed by atoms with Gasteiger partial charge in [-0.1, -0.05) is 6.92 Å². The van der Waals surface area contributed by atoms with Gasteiger partial charge in [0, 0.05) is 18.7 Å². The van der Waals surface area contributed by atoms with Gasteiger partial charge in [0.25, 0.3) is 0 Å². The van der Waals surface area contributed by atoms with Crippen LogP contribution in [0.15, 0.2) is 10.7 Å². The lowest BCUT2D eigenvalue weighted by Gasteiger charge is -2.10. The number of hydrogen-bond acceptors (Lipinski definition) is 5. The Kier molecular flexibility index (Phi) is 4.21. The molecule has 1 aliphatic heterocycles. The molecule has 0 aliphatic carbocycles. The van der Waals surface area contributed by atoms with E-state index < -0.39 is 9.84 Å². The van der Waals surface area contributed by atoms with Gasteiger partial charge < -0.3 is 5.32 Å². The predicted molar refractivity (Wildman–Crippen MR) is 74.5 cm³/mol. The lowest BCUT2D eigenvalue weighted by molar-refractivity contribution is 0.601. The number of rotatable bonds is 4. The molecule has 0 aromatic carbocycles. The van der Waals surface area contributed by atoms with Crippen molar-refractivity contribution in [3.8, 4) is 0 Å². The summed E-state index contributed by atoms with van der Waals surface area (Å²) in [6.07, 6.45) is 3.31. The lowest BCUT2D eigenvalue weighted by atomic mass is 10.1. The fourth-order valence-corrected chi connectivity index (χ4v) is 4.01. The van der Waals surface area contributed by atoms with Crippen LogP contribution < -0.4 is 5.32 Å². The zero-order valence-electron chi connectivity index (χ0n) is 10.2. The van der Waals surface area contributed by atoms with Gasteiger partial charge in [0.2, 0.25) is 0 Å². The Hall–Kier alpha value is -0.690. The minimum absolute atomic E-state index is 0.0646. The summed E-state index contributed by atoms with van der Waals surface area (Å²) in [5.74, 6) is 1.71. The van der Waals surface area contributed by atoms with E-state index in [4.69, 9.17) is 0 Å². The Bertz CT molecular complexity index is 533. The molecule has 1 N–H and O–H groups in total. The molecule has 2 rings (SSSR count). The molecule has 0 amide bonds. The van der Waals surface area contributed by atoms with Crippen molar-refractivity contribution in [2.24, 2.45) is 0 Å². The molecule has 1 aliphatic rings. The van der Waals surface area contributed by atoms with Crippen LogP contribution >= 0.6 is 15.9 Å². The van der Waals surface area contributed by atoms with E-state index in [1.807, 2.05) is 0 Å².